The third-order valence-corrected chi connectivity index (χ3v) is 3.60. The Balaban J connectivity index is 2.17. The Hall–Kier alpha value is -1.40. The van der Waals surface area contributed by atoms with E-state index in [4.69, 9.17) is 0 Å². The summed E-state index contributed by atoms with van der Waals surface area (Å²) in [4.78, 5) is 15.8. The maximum atomic E-state index is 11.6. The van der Waals surface area contributed by atoms with E-state index in [0.717, 1.165) is 31.7 Å². The van der Waals surface area contributed by atoms with Gasteiger partial charge in [-0.25, -0.2) is 0 Å². The van der Waals surface area contributed by atoms with E-state index in [9.17, 15) is 9.90 Å². The van der Waals surface area contributed by atoms with Gasteiger partial charge in [0.05, 0.1) is 6.20 Å². The molecule has 0 aromatic carbocycles. The highest BCUT2D eigenvalue weighted by Gasteiger charge is 2.30. The van der Waals surface area contributed by atoms with Crippen LogP contribution in [-0.2, 0) is 4.79 Å². The molecule has 0 spiro atoms. The number of piperazine rings is 1. The summed E-state index contributed by atoms with van der Waals surface area (Å²) in [5.74, 6) is -0.798. The van der Waals surface area contributed by atoms with Gasteiger partial charge < -0.3 is 10.0 Å². The van der Waals surface area contributed by atoms with Crippen molar-refractivity contribution in [1.29, 1.82) is 0 Å². The first-order chi connectivity index (χ1) is 8.99. The van der Waals surface area contributed by atoms with Gasteiger partial charge in [-0.1, -0.05) is 0 Å². The summed E-state index contributed by atoms with van der Waals surface area (Å²) in [6.45, 7) is 7.43. The second-order valence-corrected chi connectivity index (χ2v) is 5.43. The Morgan fingerprint density at radius 2 is 1.95 bits per heavy atom. The molecule has 0 amide bonds. The first kappa shape index (κ1) is 14.0. The molecule has 1 aromatic rings. The molecule has 1 aromatic heterocycles. The zero-order valence-corrected chi connectivity index (χ0v) is 11.8. The third-order valence-electron chi connectivity index (χ3n) is 3.60. The fraction of sp³-hybridized carbons (Fsp3) is 0.692. The molecule has 1 unspecified atom stereocenters. The highest BCUT2D eigenvalue weighted by Crippen LogP contribution is 2.22. The second-order valence-electron chi connectivity index (χ2n) is 5.43. The molecule has 19 heavy (non-hydrogen) atoms. The van der Waals surface area contributed by atoms with Gasteiger partial charge in [-0.3, -0.25) is 14.4 Å². The number of likely N-dealkylation sites (N-methyl/N-ethyl adjacent to an activating group) is 1. The molecule has 6 heteroatoms. The van der Waals surface area contributed by atoms with E-state index in [1.54, 1.807) is 10.9 Å². The van der Waals surface area contributed by atoms with Crippen molar-refractivity contribution in [2.24, 2.45) is 0 Å². The molecule has 0 bridgehead atoms. The average molecular weight is 266 g/mol. The van der Waals surface area contributed by atoms with Gasteiger partial charge in [-0.05, 0) is 20.9 Å². The number of hydrogen-bond acceptors (Lipinski definition) is 4. The fourth-order valence-electron chi connectivity index (χ4n) is 2.37. The minimum Gasteiger partial charge on any atom is -0.480 e. The van der Waals surface area contributed by atoms with Crippen molar-refractivity contribution in [2.45, 2.75) is 25.9 Å². The first-order valence-electron chi connectivity index (χ1n) is 6.68. The summed E-state index contributed by atoms with van der Waals surface area (Å²) in [5, 5.41) is 13.7. The largest absolute Gasteiger partial charge is 0.480 e. The van der Waals surface area contributed by atoms with Crippen LogP contribution in [0.15, 0.2) is 12.4 Å². The van der Waals surface area contributed by atoms with E-state index in [0.29, 0.717) is 0 Å². The summed E-state index contributed by atoms with van der Waals surface area (Å²) < 4.78 is 1.81. The first-order valence-corrected chi connectivity index (χ1v) is 6.68. The normalized spacial score (nSPS) is 19.8. The van der Waals surface area contributed by atoms with Gasteiger partial charge in [-0.15, -0.1) is 0 Å². The summed E-state index contributed by atoms with van der Waals surface area (Å²) in [5.41, 5.74) is 0.769. The summed E-state index contributed by atoms with van der Waals surface area (Å²) >= 11 is 0. The van der Waals surface area contributed by atoms with E-state index in [-0.39, 0.29) is 6.04 Å². The molecule has 0 radical (unpaired) electrons. The van der Waals surface area contributed by atoms with E-state index >= 15 is 0 Å². The van der Waals surface area contributed by atoms with Crippen LogP contribution in [-0.4, -0.2) is 63.9 Å². The number of hydrogen-bond donors (Lipinski definition) is 1. The second kappa shape index (κ2) is 5.71. The highest BCUT2D eigenvalue weighted by molar-refractivity contribution is 5.75. The molecule has 1 fully saturated rings. The smallest absolute Gasteiger partial charge is 0.325 e. The summed E-state index contributed by atoms with van der Waals surface area (Å²) in [7, 11) is 2.06. The molecule has 0 saturated carbocycles. The minimum atomic E-state index is -0.798. The maximum Gasteiger partial charge on any atom is 0.325 e. The monoisotopic (exact) mass is 266 g/mol. The van der Waals surface area contributed by atoms with E-state index < -0.39 is 12.0 Å². The van der Waals surface area contributed by atoms with Crippen LogP contribution in [0.5, 0.6) is 0 Å². The van der Waals surface area contributed by atoms with Crippen molar-refractivity contribution in [1.82, 2.24) is 19.6 Å². The number of aromatic nitrogens is 2. The van der Waals surface area contributed by atoms with Crippen LogP contribution < -0.4 is 0 Å². The topological polar surface area (TPSA) is 61.6 Å². The molecule has 1 N–H and O–H groups in total. The Kier molecular flexibility index (Phi) is 4.21. The molecule has 1 aliphatic rings. The van der Waals surface area contributed by atoms with Crippen molar-refractivity contribution in [3.8, 4) is 0 Å². The van der Waals surface area contributed by atoms with E-state index in [2.05, 4.69) is 17.0 Å². The van der Waals surface area contributed by atoms with Gasteiger partial charge in [-0.2, -0.15) is 5.10 Å². The van der Waals surface area contributed by atoms with Gasteiger partial charge in [0.25, 0.3) is 0 Å². The van der Waals surface area contributed by atoms with Crippen molar-refractivity contribution >= 4 is 5.97 Å². The molecule has 1 aliphatic heterocycles. The van der Waals surface area contributed by atoms with Crippen molar-refractivity contribution in [3.63, 3.8) is 0 Å². The molecule has 1 saturated heterocycles. The molecule has 106 valence electrons. The van der Waals surface area contributed by atoms with Crippen LogP contribution >= 0.6 is 0 Å². The van der Waals surface area contributed by atoms with Crippen LogP contribution in [0.1, 0.15) is 31.5 Å². The van der Waals surface area contributed by atoms with E-state index in [1.807, 2.05) is 24.9 Å². The average Bonchev–Trinajstić information content (AvgIpc) is 2.81. The summed E-state index contributed by atoms with van der Waals surface area (Å²) in [6.07, 6.45) is 3.53. The number of carboxylic acids is 1. The van der Waals surface area contributed by atoms with Crippen molar-refractivity contribution in [3.05, 3.63) is 18.0 Å². The third kappa shape index (κ3) is 3.13. The fourth-order valence-corrected chi connectivity index (χ4v) is 2.37. The SMILES string of the molecule is CC(C)n1cc(C(C(=O)O)N2CCN(C)CC2)cn1. The predicted molar refractivity (Wildman–Crippen MR) is 72.1 cm³/mol. The Morgan fingerprint density at radius 1 is 1.32 bits per heavy atom. The van der Waals surface area contributed by atoms with Gasteiger partial charge in [0.1, 0.15) is 6.04 Å². The molecule has 6 nitrogen and oxygen atoms in total. The number of carboxylic acid groups (broad SMARTS) is 1. The predicted octanol–water partition coefficient (Wildman–Crippen LogP) is 0.837. The van der Waals surface area contributed by atoms with E-state index in [1.165, 1.54) is 0 Å². The van der Waals surface area contributed by atoms with Crippen LogP contribution in [0.4, 0.5) is 0 Å². The lowest BCUT2D eigenvalue weighted by atomic mass is 10.1. The van der Waals surface area contributed by atoms with Crippen LogP contribution in [0, 0.1) is 0 Å². The number of carbonyl (C=O) groups is 1. The molecule has 1 atom stereocenters. The zero-order chi connectivity index (χ0) is 14.0. The zero-order valence-electron chi connectivity index (χ0n) is 11.8. The van der Waals surface area contributed by atoms with Crippen LogP contribution in [0.25, 0.3) is 0 Å². The Labute approximate surface area is 113 Å². The summed E-state index contributed by atoms with van der Waals surface area (Å²) in [6, 6.07) is -0.336. The molecule has 2 rings (SSSR count). The number of aliphatic carboxylic acids is 1. The van der Waals surface area contributed by atoms with Crippen molar-refractivity contribution in [2.75, 3.05) is 33.2 Å². The molecule has 0 aliphatic carbocycles. The van der Waals surface area contributed by atoms with Gasteiger partial charge >= 0.3 is 5.97 Å². The van der Waals surface area contributed by atoms with Gasteiger partial charge in [0.15, 0.2) is 0 Å². The lowest BCUT2D eigenvalue weighted by Gasteiger charge is -2.35. The van der Waals surface area contributed by atoms with Gasteiger partial charge in [0.2, 0.25) is 0 Å². The molecule has 2 heterocycles. The van der Waals surface area contributed by atoms with Crippen LogP contribution in [0.2, 0.25) is 0 Å². The molecular weight excluding hydrogens is 244 g/mol. The minimum absolute atomic E-state index is 0.246. The molecular formula is C13H22N4O2. The highest BCUT2D eigenvalue weighted by atomic mass is 16.4. The lowest BCUT2D eigenvalue weighted by Crippen LogP contribution is -2.47. The van der Waals surface area contributed by atoms with Crippen LogP contribution in [0.3, 0.4) is 0 Å². The number of nitrogens with zero attached hydrogens (tertiary/aromatic N) is 4. The van der Waals surface area contributed by atoms with Gasteiger partial charge in [0, 0.05) is 44.0 Å². The maximum absolute atomic E-state index is 11.6. The standard InChI is InChI=1S/C13H22N4O2/c1-10(2)17-9-11(8-14-17)12(13(18)19)16-6-4-15(3)5-7-16/h8-10,12H,4-7H2,1-3H3,(H,18,19). The Bertz CT molecular complexity index is 436. The number of rotatable bonds is 4. The Morgan fingerprint density at radius 3 is 2.42 bits per heavy atom. The lowest BCUT2D eigenvalue weighted by molar-refractivity contribution is -0.144. The van der Waals surface area contributed by atoms with Crippen molar-refractivity contribution < 1.29 is 9.90 Å². The quantitative estimate of drug-likeness (QED) is 0.875.